The zero-order valence-corrected chi connectivity index (χ0v) is 18.7. The molecule has 3 rings (SSSR count). The van der Waals surface area contributed by atoms with Crippen molar-refractivity contribution in [3.05, 3.63) is 82.4 Å². The number of halogens is 1. The van der Waals surface area contributed by atoms with E-state index >= 15 is 0 Å². The van der Waals surface area contributed by atoms with E-state index in [0.717, 1.165) is 11.1 Å². The average molecular weight is 455 g/mol. The summed E-state index contributed by atoms with van der Waals surface area (Å²) in [5, 5.41) is 4.69. The van der Waals surface area contributed by atoms with Crippen molar-refractivity contribution in [1.82, 2.24) is 5.43 Å². The normalized spacial score (nSPS) is 10.6. The van der Waals surface area contributed by atoms with Crippen molar-refractivity contribution < 1.29 is 23.7 Å². The number of hydrogen-bond donors (Lipinski definition) is 1. The summed E-state index contributed by atoms with van der Waals surface area (Å²) in [6.07, 6.45) is 1.52. The molecule has 0 heterocycles. The molecule has 0 saturated heterocycles. The maximum Gasteiger partial charge on any atom is 0.271 e. The van der Waals surface area contributed by atoms with Crippen LogP contribution in [-0.4, -0.2) is 33.5 Å². The first-order valence-corrected chi connectivity index (χ1v) is 10.0. The van der Waals surface area contributed by atoms with Crippen molar-refractivity contribution in [2.75, 3.05) is 21.3 Å². The molecule has 1 amide bonds. The van der Waals surface area contributed by atoms with E-state index < -0.39 is 0 Å². The highest BCUT2D eigenvalue weighted by Gasteiger charge is 2.10. The van der Waals surface area contributed by atoms with Gasteiger partial charge < -0.3 is 18.9 Å². The van der Waals surface area contributed by atoms with Crippen LogP contribution in [0.1, 0.15) is 21.5 Å². The topological polar surface area (TPSA) is 78.4 Å². The van der Waals surface area contributed by atoms with Crippen LogP contribution in [-0.2, 0) is 6.61 Å². The Balaban J connectivity index is 1.63. The molecule has 8 heteroatoms. The lowest BCUT2D eigenvalue weighted by Crippen LogP contribution is -2.17. The van der Waals surface area contributed by atoms with Crippen LogP contribution in [0.5, 0.6) is 23.0 Å². The van der Waals surface area contributed by atoms with Crippen LogP contribution in [0.4, 0.5) is 0 Å². The fraction of sp³-hybridized carbons (Fsp3) is 0.167. The van der Waals surface area contributed by atoms with Gasteiger partial charge in [0.15, 0.2) is 23.0 Å². The Morgan fingerprint density at radius 3 is 2.22 bits per heavy atom. The maximum atomic E-state index is 12.3. The van der Waals surface area contributed by atoms with Gasteiger partial charge in [0, 0.05) is 10.6 Å². The van der Waals surface area contributed by atoms with Gasteiger partial charge in [-0.15, -0.1) is 0 Å². The van der Waals surface area contributed by atoms with Crippen molar-refractivity contribution >= 4 is 23.7 Å². The zero-order chi connectivity index (χ0) is 22.9. The molecule has 0 bridgehead atoms. The second-order valence-corrected chi connectivity index (χ2v) is 7.03. The molecular weight excluding hydrogens is 432 g/mol. The largest absolute Gasteiger partial charge is 0.493 e. The van der Waals surface area contributed by atoms with Crippen molar-refractivity contribution in [3.8, 4) is 23.0 Å². The summed E-state index contributed by atoms with van der Waals surface area (Å²) in [4.78, 5) is 12.3. The summed E-state index contributed by atoms with van der Waals surface area (Å²) < 4.78 is 21.7. The van der Waals surface area contributed by atoms with Gasteiger partial charge in [-0.05, 0) is 59.7 Å². The minimum Gasteiger partial charge on any atom is -0.493 e. The molecule has 7 nitrogen and oxygen atoms in total. The fourth-order valence-corrected chi connectivity index (χ4v) is 2.96. The molecule has 0 spiro atoms. The Bertz CT molecular complexity index is 1100. The van der Waals surface area contributed by atoms with Gasteiger partial charge in [0.2, 0.25) is 0 Å². The molecule has 0 radical (unpaired) electrons. The number of methoxy groups -OCH3 is 3. The summed E-state index contributed by atoms with van der Waals surface area (Å²) in [6, 6.07) is 17.7. The van der Waals surface area contributed by atoms with E-state index in [1.54, 1.807) is 37.4 Å². The molecule has 166 valence electrons. The summed E-state index contributed by atoms with van der Waals surface area (Å²) in [5.74, 6) is 1.77. The molecule has 0 aliphatic carbocycles. The number of carbonyl (C=O) groups excluding carboxylic acids is 1. The molecule has 32 heavy (non-hydrogen) atoms. The monoisotopic (exact) mass is 454 g/mol. The number of benzene rings is 3. The first-order valence-electron chi connectivity index (χ1n) is 9.64. The van der Waals surface area contributed by atoms with E-state index in [1.807, 2.05) is 30.3 Å². The van der Waals surface area contributed by atoms with Crippen molar-refractivity contribution in [2.45, 2.75) is 6.61 Å². The van der Waals surface area contributed by atoms with Crippen LogP contribution in [0.3, 0.4) is 0 Å². The van der Waals surface area contributed by atoms with E-state index in [1.165, 1.54) is 20.4 Å². The molecular formula is C24H23ClN2O5. The van der Waals surface area contributed by atoms with Gasteiger partial charge in [-0.1, -0.05) is 23.7 Å². The Morgan fingerprint density at radius 1 is 0.875 bits per heavy atom. The standard InChI is InChI=1S/C24H23ClN2O5/c1-29-20-11-7-18(13-23(20)31-3)24(28)27-26-14-17-6-10-21(22(12-17)30-2)32-15-16-4-8-19(25)9-5-16/h4-14H,15H2,1-3H3,(H,27,28)/b26-14-. The first kappa shape index (κ1) is 23.0. The molecule has 1 N–H and O–H groups in total. The maximum absolute atomic E-state index is 12.3. The Morgan fingerprint density at radius 2 is 1.53 bits per heavy atom. The number of amides is 1. The molecule has 0 fully saturated rings. The summed E-state index contributed by atoms with van der Waals surface area (Å²) >= 11 is 5.91. The fourth-order valence-electron chi connectivity index (χ4n) is 2.83. The number of ether oxygens (including phenoxy) is 4. The van der Waals surface area contributed by atoms with Crippen LogP contribution in [0, 0.1) is 0 Å². The summed E-state index contributed by atoms with van der Waals surface area (Å²) in [5.41, 5.74) is 4.60. The van der Waals surface area contributed by atoms with Crippen molar-refractivity contribution in [3.63, 3.8) is 0 Å². The molecule has 0 saturated carbocycles. The highest BCUT2D eigenvalue weighted by atomic mass is 35.5. The molecule has 3 aromatic rings. The van der Waals surface area contributed by atoms with Crippen LogP contribution in [0.2, 0.25) is 5.02 Å². The van der Waals surface area contributed by atoms with E-state index in [2.05, 4.69) is 10.5 Å². The minimum absolute atomic E-state index is 0.377. The van der Waals surface area contributed by atoms with Crippen molar-refractivity contribution in [1.29, 1.82) is 0 Å². The lowest BCUT2D eigenvalue weighted by molar-refractivity contribution is 0.0954. The highest BCUT2D eigenvalue weighted by Crippen LogP contribution is 2.29. The van der Waals surface area contributed by atoms with Crippen LogP contribution in [0.25, 0.3) is 0 Å². The number of hydrazone groups is 1. The Labute approximate surface area is 191 Å². The Hall–Kier alpha value is -3.71. The van der Waals surface area contributed by atoms with E-state index in [-0.39, 0.29) is 5.91 Å². The van der Waals surface area contributed by atoms with Gasteiger partial charge in [0.1, 0.15) is 6.61 Å². The number of nitrogens with zero attached hydrogens (tertiary/aromatic N) is 1. The minimum atomic E-state index is -0.378. The van der Waals surface area contributed by atoms with Gasteiger partial charge in [0.25, 0.3) is 5.91 Å². The zero-order valence-electron chi connectivity index (χ0n) is 17.9. The number of nitrogens with one attached hydrogen (secondary N) is 1. The third-order valence-electron chi connectivity index (χ3n) is 4.52. The molecule has 0 aliphatic heterocycles. The highest BCUT2D eigenvalue weighted by molar-refractivity contribution is 6.30. The van der Waals surface area contributed by atoms with Crippen molar-refractivity contribution in [2.24, 2.45) is 5.10 Å². The summed E-state index contributed by atoms with van der Waals surface area (Å²) in [7, 11) is 4.60. The third-order valence-corrected chi connectivity index (χ3v) is 4.77. The van der Waals surface area contributed by atoms with Crippen LogP contribution in [0.15, 0.2) is 65.8 Å². The SMILES string of the molecule is COc1ccc(C(=O)N/N=C\c2ccc(OCc3ccc(Cl)cc3)c(OC)c2)cc1OC. The molecule has 0 aromatic heterocycles. The molecule has 0 atom stereocenters. The average Bonchev–Trinajstić information content (AvgIpc) is 2.83. The lowest BCUT2D eigenvalue weighted by atomic mass is 10.2. The first-order chi connectivity index (χ1) is 15.5. The molecule has 0 aliphatic rings. The quantitative estimate of drug-likeness (QED) is 0.374. The number of rotatable bonds is 9. The second-order valence-electron chi connectivity index (χ2n) is 6.59. The Kier molecular flexibility index (Phi) is 7.94. The van der Waals surface area contributed by atoms with Gasteiger partial charge in [-0.2, -0.15) is 5.10 Å². The van der Waals surface area contributed by atoms with E-state index in [0.29, 0.717) is 40.2 Å². The number of hydrogen-bond acceptors (Lipinski definition) is 6. The molecule has 0 unspecified atom stereocenters. The van der Waals surface area contributed by atoms with E-state index in [4.69, 9.17) is 30.5 Å². The van der Waals surface area contributed by atoms with Gasteiger partial charge in [-0.3, -0.25) is 4.79 Å². The molecule has 3 aromatic carbocycles. The summed E-state index contributed by atoms with van der Waals surface area (Å²) in [6.45, 7) is 0.377. The smallest absolute Gasteiger partial charge is 0.271 e. The number of carbonyl (C=O) groups is 1. The van der Waals surface area contributed by atoms with Gasteiger partial charge >= 0.3 is 0 Å². The van der Waals surface area contributed by atoms with E-state index in [9.17, 15) is 4.79 Å². The van der Waals surface area contributed by atoms with Crippen LogP contribution >= 0.6 is 11.6 Å². The predicted molar refractivity (Wildman–Crippen MR) is 123 cm³/mol. The second kappa shape index (κ2) is 11.1. The van der Waals surface area contributed by atoms with Gasteiger partial charge in [-0.25, -0.2) is 5.43 Å². The van der Waals surface area contributed by atoms with Crippen LogP contribution < -0.4 is 24.4 Å². The van der Waals surface area contributed by atoms with Gasteiger partial charge in [0.05, 0.1) is 27.5 Å². The lowest BCUT2D eigenvalue weighted by Gasteiger charge is -2.11. The third kappa shape index (κ3) is 5.92. The predicted octanol–water partition coefficient (Wildman–Crippen LogP) is 4.71.